The van der Waals surface area contributed by atoms with Gasteiger partial charge in [0.25, 0.3) is 0 Å². The molecule has 0 unspecified atom stereocenters. The molecule has 0 aliphatic carbocycles. The minimum absolute atomic E-state index is 0.909. The number of hydrogen-bond donors (Lipinski definition) is 0. The third-order valence-corrected chi connectivity index (χ3v) is 10.2. The Balaban J connectivity index is 1.30. The molecule has 43 heavy (non-hydrogen) atoms. The van der Waals surface area contributed by atoms with E-state index in [1.165, 1.54) is 36.5 Å². The topological polar surface area (TPSA) is 43.3 Å². The minimum Gasteiger partial charge on any atom is -0.456 e. The summed E-state index contributed by atoms with van der Waals surface area (Å²) in [5, 5.41) is 8.56. The largest absolute Gasteiger partial charge is 0.456 e. The van der Waals surface area contributed by atoms with Crippen molar-refractivity contribution in [1.29, 1.82) is 0 Å². The van der Waals surface area contributed by atoms with E-state index < -0.39 is 0 Å². The number of furan rings is 1. The molecule has 0 spiro atoms. The minimum atomic E-state index is 0.909. The molecular weight excluding hydrogens is 547 g/mol. The lowest BCUT2D eigenvalue weighted by molar-refractivity contribution is 0.669. The first-order valence-corrected chi connectivity index (χ1v) is 15.2. The normalized spacial score (nSPS) is 12.7. The third kappa shape index (κ3) is 2.75. The maximum atomic E-state index is 6.25. The molecule has 5 heterocycles. The molecule has 0 saturated heterocycles. The summed E-state index contributed by atoms with van der Waals surface area (Å²) >= 11 is 1.85. The van der Waals surface area contributed by atoms with Crippen molar-refractivity contribution in [1.82, 2.24) is 14.4 Å². The van der Waals surface area contributed by atoms with Gasteiger partial charge in [-0.15, -0.1) is 11.3 Å². The number of rotatable bonds is 1. The summed E-state index contributed by atoms with van der Waals surface area (Å²) in [4.78, 5) is 10.3. The van der Waals surface area contributed by atoms with Crippen molar-refractivity contribution < 1.29 is 4.42 Å². The van der Waals surface area contributed by atoms with Crippen molar-refractivity contribution in [3.63, 3.8) is 0 Å². The van der Waals surface area contributed by atoms with Gasteiger partial charge in [-0.25, -0.2) is 9.97 Å². The van der Waals surface area contributed by atoms with E-state index in [-0.39, 0.29) is 0 Å². The fraction of sp³-hybridized carbons (Fsp3) is 0. The molecule has 0 fully saturated rings. The van der Waals surface area contributed by atoms with Crippen LogP contribution in [0.15, 0.2) is 120 Å². The van der Waals surface area contributed by atoms with Crippen molar-refractivity contribution in [3.05, 3.63) is 115 Å². The quantitative estimate of drug-likeness (QED) is 0.199. The molecule has 0 radical (unpaired) electrons. The summed E-state index contributed by atoms with van der Waals surface area (Å²) in [6.07, 6.45) is 0. The fourth-order valence-electron chi connectivity index (χ4n) is 7.24. The highest BCUT2D eigenvalue weighted by atomic mass is 32.1. The lowest BCUT2D eigenvalue weighted by atomic mass is 9.99. The van der Waals surface area contributed by atoms with Crippen LogP contribution in [-0.4, -0.2) is 14.4 Å². The first-order chi connectivity index (χ1) is 21.3. The first kappa shape index (κ1) is 22.1. The van der Waals surface area contributed by atoms with Crippen LogP contribution >= 0.6 is 11.3 Å². The van der Waals surface area contributed by atoms with Gasteiger partial charge in [0.2, 0.25) is 0 Å². The Kier molecular flexibility index (Phi) is 3.94. The molecule has 6 aromatic carbocycles. The number of nitrogens with zero attached hydrogens (tertiary/aromatic N) is 3. The van der Waals surface area contributed by atoms with Crippen LogP contribution in [0.2, 0.25) is 0 Å². The lowest BCUT2D eigenvalue weighted by Crippen LogP contribution is -1.89. The summed E-state index contributed by atoms with van der Waals surface area (Å²) in [5.41, 5.74) is 10.2. The summed E-state index contributed by atoms with van der Waals surface area (Å²) in [6, 6.07) is 40.9. The molecule has 11 rings (SSSR count). The zero-order valence-electron chi connectivity index (χ0n) is 22.6. The van der Waals surface area contributed by atoms with Gasteiger partial charge < -0.3 is 4.42 Å². The Hall–Kier alpha value is -5.52. The maximum Gasteiger partial charge on any atom is 0.165 e. The second kappa shape index (κ2) is 7.65. The Labute approximate surface area is 247 Å². The number of benzene rings is 6. The van der Waals surface area contributed by atoms with E-state index >= 15 is 0 Å². The SMILES string of the molecule is c1ccc2nc3c(nc2c1)c1cc2sc4ccccc4c2c2c4cc(-c5ccc6c(c5)oc5ccccc56)ccc4n3c12. The molecule has 0 amide bonds. The fourth-order valence-corrected chi connectivity index (χ4v) is 8.39. The van der Waals surface area contributed by atoms with Crippen molar-refractivity contribution in [2.75, 3.05) is 0 Å². The van der Waals surface area contributed by atoms with Crippen LogP contribution in [0.3, 0.4) is 0 Å². The Morgan fingerprint density at radius 3 is 2.21 bits per heavy atom. The van der Waals surface area contributed by atoms with Crippen molar-refractivity contribution >= 4 is 103 Å². The number of fused-ring (bicyclic) bond motifs is 14. The summed E-state index contributed by atoms with van der Waals surface area (Å²) in [7, 11) is 0. The van der Waals surface area contributed by atoms with E-state index in [1.54, 1.807) is 0 Å². The van der Waals surface area contributed by atoms with Gasteiger partial charge in [-0.1, -0.05) is 60.7 Å². The molecule has 0 saturated carbocycles. The van der Waals surface area contributed by atoms with Crippen molar-refractivity contribution in [2.24, 2.45) is 0 Å². The lowest BCUT2D eigenvalue weighted by Gasteiger charge is -2.05. The van der Waals surface area contributed by atoms with E-state index in [0.717, 1.165) is 66.2 Å². The standard InChI is InChI=1S/C38H19N3OS/c1-5-11-30-22(7-1)23-15-13-21(18-31(23)42-30)20-14-16-29-25(17-20)35-34-24-8-2-6-12-32(24)43-33(34)19-26-36-38(41(29)37(26)35)40-28-10-4-3-9-27(28)39-36/h1-19H. The van der Waals surface area contributed by atoms with Crippen molar-refractivity contribution in [3.8, 4) is 11.1 Å². The average molecular weight is 566 g/mol. The van der Waals surface area contributed by atoms with E-state index in [9.17, 15) is 0 Å². The molecule has 11 aromatic rings. The maximum absolute atomic E-state index is 6.25. The Morgan fingerprint density at radius 1 is 0.535 bits per heavy atom. The highest BCUT2D eigenvalue weighted by Crippen LogP contribution is 2.47. The summed E-state index contributed by atoms with van der Waals surface area (Å²) in [5.74, 6) is 0. The second-order valence-corrected chi connectivity index (χ2v) is 12.5. The highest BCUT2D eigenvalue weighted by Gasteiger charge is 2.24. The summed E-state index contributed by atoms with van der Waals surface area (Å²) < 4.78 is 11.2. The van der Waals surface area contributed by atoms with Gasteiger partial charge in [0.1, 0.15) is 16.7 Å². The highest BCUT2D eigenvalue weighted by molar-refractivity contribution is 7.26. The molecule has 0 atom stereocenters. The van der Waals surface area contributed by atoms with Gasteiger partial charge in [-0.3, -0.25) is 4.40 Å². The molecular formula is C38H19N3OS. The van der Waals surface area contributed by atoms with E-state index in [0.29, 0.717) is 0 Å². The molecule has 4 nitrogen and oxygen atoms in total. The Morgan fingerprint density at radius 2 is 1.28 bits per heavy atom. The smallest absolute Gasteiger partial charge is 0.165 e. The van der Waals surface area contributed by atoms with Gasteiger partial charge in [0.05, 0.1) is 22.1 Å². The van der Waals surface area contributed by atoms with Crippen LogP contribution in [0.4, 0.5) is 0 Å². The van der Waals surface area contributed by atoms with Crippen LogP contribution in [0.1, 0.15) is 0 Å². The van der Waals surface area contributed by atoms with E-state index in [4.69, 9.17) is 14.4 Å². The zero-order chi connectivity index (χ0) is 27.8. The van der Waals surface area contributed by atoms with Crippen LogP contribution < -0.4 is 0 Å². The predicted molar refractivity (Wildman–Crippen MR) is 180 cm³/mol. The van der Waals surface area contributed by atoms with Gasteiger partial charge in [0.15, 0.2) is 5.65 Å². The first-order valence-electron chi connectivity index (χ1n) is 14.4. The van der Waals surface area contributed by atoms with E-state index in [2.05, 4.69) is 89.3 Å². The van der Waals surface area contributed by atoms with Crippen LogP contribution in [0, 0.1) is 0 Å². The van der Waals surface area contributed by atoms with Gasteiger partial charge in [-0.2, -0.15) is 0 Å². The number of para-hydroxylation sites is 3. The van der Waals surface area contributed by atoms with Gasteiger partial charge in [0, 0.05) is 47.1 Å². The van der Waals surface area contributed by atoms with Gasteiger partial charge in [-0.05, 0) is 65.7 Å². The molecule has 0 bridgehead atoms. The average Bonchev–Trinajstić information content (AvgIpc) is 3.78. The van der Waals surface area contributed by atoms with E-state index in [1.807, 2.05) is 41.7 Å². The molecule has 0 aliphatic heterocycles. The van der Waals surface area contributed by atoms with Crippen molar-refractivity contribution in [2.45, 2.75) is 0 Å². The number of thiophene rings is 1. The van der Waals surface area contributed by atoms with Gasteiger partial charge >= 0.3 is 0 Å². The monoisotopic (exact) mass is 565 g/mol. The predicted octanol–water partition coefficient (Wildman–Crippen LogP) is 10.7. The molecule has 5 heteroatoms. The Bertz CT molecular complexity index is 2960. The zero-order valence-corrected chi connectivity index (χ0v) is 23.4. The summed E-state index contributed by atoms with van der Waals surface area (Å²) in [6.45, 7) is 0. The molecule has 0 aliphatic rings. The number of aromatic nitrogens is 3. The second-order valence-electron chi connectivity index (χ2n) is 11.4. The molecule has 5 aromatic heterocycles. The molecule has 198 valence electrons. The van der Waals surface area contributed by atoms with Crippen LogP contribution in [0.25, 0.3) is 103 Å². The number of hydrogen-bond acceptors (Lipinski definition) is 4. The third-order valence-electron chi connectivity index (χ3n) is 9.10. The van der Waals surface area contributed by atoms with Crippen LogP contribution in [0.5, 0.6) is 0 Å². The van der Waals surface area contributed by atoms with Crippen LogP contribution in [-0.2, 0) is 0 Å². The molecule has 0 N–H and O–H groups in total.